The number of rotatable bonds is 8. The Morgan fingerprint density at radius 1 is 1.38 bits per heavy atom. The van der Waals surface area contributed by atoms with Crippen LogP contribution in [0.25, 0.3) is 0 Å². The molecule has 21 heavy (non-hydrogen) atoms. The average molecular weight is 323 g/mol. The molecule has 118 valence electrons. The van der Waals surface area contributed by atoms with Gasteiger partial charge in [-0.2, -0.15) is 8.78 Å². The smallest absolute Gasteiger partial charge is 0.341 e. The molecule has 0 bridgehead atoms. The zero-order valence-electron chi connectivity index (χ0n) is 11.1. The summed E-state index contributed by atoms with van der Waals surface area (Å²) >= 11 is 0. The van der Waals surface area contributed by atoms with Crippen LogP contribution in [-0.4, -0.2) is 45.0 Å². The van der Waals surface area contributed by atoms with E-state index in [0.717, 1.165) is 6.07 Å². The van der Waals surface area contributed by atoms with Crippen molar-refractivity contribution in [3.8, 4) is 0 Å². The molecule has 0 fully saturated rings. The van der Waals surface area contributed by atoms with E-state index in [9.17, 15) is 22.0 Å². The number of benzene rings is 1. The summed E-state index contributed by atoms with van der Waals surface area (Å²) in [5.41, 5.74) is -0.179. The Morgan fingerprint density at radius 3 is 2.52 bits per heavy atom. The van der Waals surface area contributed by atoms with E-state index >= 15 is 0 Å². The highest BCUT2D eigenvalue weighted by Crippen LogP contribution is 2.26. The van der Waals surface area contributed by atoms with Crippen LogP contribution in [0.15, 0.2) is 29.2 Å². The van der Waals surface area contributed by atoms with Gasteiger partial charge in [-0.3, -0.25) is 0 Å². The Balaban J connectivity index is 3.11. The summed E-state index contributed by atoms with van der Waals surface area (Å²) in [5.74, 6) is -4.82. The van der Waals surface area contributed by atoms with Gasteiger partial charge < -0.3 is 15.2 Å². The number of sulfone groups is 1. The summed E-state index contributed by atoms with van der Waals surface area (Å²) in [6.45, 7) is 0.119. The highest BCUT2D eigenvalue weighted by Gasteiger charge is 2.30. The van der Waals surface area contributed by atoms with E-state index in [1.807, 2.05) is 0 Å². The third kappa shape index (κ3) is 4.36. The molecule has 1 atom stereocenters. The predicted octanol–water partition coefficient (Wildman–Crippen LogP) is 1.58. The fourth-order valence-corrected chi connectivity index (χ4v) is 2.50. The minimum absolute atomic E-state index is 0.0505. The van der Waals surface area contributed by atoms with Gasteiger partial charge in [-0.05, 0) is 12.1 Å². The number of halogens is 2. The van der Waals surface area contributed by atoms with Crippen molar-refractivity contribution in [3.05, 3.63) is 24.3 Å². The lowest BCUT2D eigenvalue weighted by Gasteiger charge is -2.18. The molecule has 0 aromatic heterocycles. The number of carboxylic acid groups (broad SMARTS) is 1. The lowest BCUT2D eigenvalue weighted by atomic mass is 10.2. The molecule has 0 aliphatic heterocycles. The molecule has 0 heterocycles. The van der Waals surface area contributed by atoms with Gasteiger partial charge in [0.2, 0.25) is 9.84 Å². The first-order chi connectivity index (χ1) is 9.80. The van der Waals surface area contributed by atoms with Gasteiger partial charge in [0.1, 0.15) is 6.04 Å². The second-order valence-electron chi connectivity index (χ2n) is 4.12. The van der Waals surface area contributed by atoms with Gasteiger partial charge in [-0.1, -0.05) is 12.1 Å². The predicted molar refractivity (Wildman–Crippen MR) is 71.2 cm³/mol. The molecule has 6 nitrogen and oxygen atoms in total. The second kappa shape index (κ2) is 7.32. The summed E-state index contributed by atoms with van der Waals surface area (Å²) in [7, 11) is -3.44. The standard InChI is InChI=1S/C12H15F2NO5S/c1-20-7-6-9(11(16)17)15-8-4-2-3-5-10(8)21(18,19)12(13)14/h2-5,9,12,15H,6-7H2,1H3,(H,16,17). The van der Waals surface area contributed by atoms with Gasteiger partial charge in [-0.25, -0.2) is 13.2 Å². The highest BCUT2D eigenvalue weighted by molar-refractivity contribution is 7.91. The SMILES string of the molecule is COCCC(Nc1ccccc1S(=O)(=O)C(F)F)C(=O)O. The third-order valence-electron chi connectivity index (χ3n) is 2.67. The summed E-state index contributed by atoms with van der Waals surface area (Å²) in [5, 5.41) is 11.5. The number of para-hydroxylation sites is 1. The largest absolute Gasteiger partial charge is 0.480 e. The van der Waals surface area contributed by atoms with Gasteiger partial charge in [0.05, 0.1) is 10.6 Å². The third-order valence-corrected chi connectivity index (χ3v) is 4.10. The number of methoxy groups -OCH3 is 1. The van der Waals surface area contributed by atoms with E-state index in [-0.39, 0.29) is 18.7 Å². The van der Waals surface area contributed by atoms with Crippen LogP contribution in [-0.2, 0) is 19.4 Å². The first-order valence-electron chi connectivity index (χ1n) is 5.90. The summed E-state index contributed by atoms with van der Waals surface area (Å²) < 4.78 is 53.1. The van der Waals surface area contributed by atoms with E-state index in [1.165, 1.54) is 25.3 Å². The first kappa shape index (κ1) is 17.3. The van der Waals surface area contributed by atoms with E-state index in [0.29, 0.717) is 0 Å². The summed E-state index contributed by atoms with van der Waals surface area (Å²) in [4.78, 5) is 10.5. The fraction of sp³-hybridized carbons (Fsp3) is 0.417. The van der Waals surface area contributed by atoms with Crippen molar-refractivity contribution in [1.29, 1.82) is 0 Å². The number of nitrogens with one attached hydrogen (secondary N) is 1. The van der Waals surface area contributed by atoms with Crippen molar-refractivity contribution in [2.45, 2.75) is 23.1 Å². The molecule has 0 amide bonds. The van der Waals surface area contributed by atoms with Crippen molar-refractivity contribution in [2.24, 2.45) is 0 Å². The number of carboxylic acids is 1. The molecule has 1 aromatic rings. The molecule has 2 N–H and O–H groups in total. The van der Waals surface area contributed by atoms with Crippen LogP contribution in [0.1, 0.15) is 6.42 Å². The van der Waals surface area contributed by atoms with Crippen LogP contribution < -0.4 is 5.32 Å². The highest BCUT2D eigenvalue weighted by atomic mass is 32.2. The number of anilines is 1. The van der Waals surface area contributed by atoms with E-state index < -0.39 is 32.5 Å². The van der Waals surface area contributed by atoms with Crippen molar-refractivity contribution in [1.82, 2.24) is 0 Å². The normalized spacial score (nSPS) is 13.1. The zero-order valence-corrected chi connectivity index (χ0v) is 11.9. The Morgan fingerprint density at radius 2 is 2.00 bits per heavy atom. The molecule has 1 rings (SSSR count). The minimum Gasteiger partial charge on any atom is -0.480 e. The maximum Gasteiger partial charge on any atom is 0.341 e. The maximum atomic E-state index is 12.6. The number of ether oxygens (including phenoxy) is 1. The van der Waals surface area contributed by atoms with Crippen LogP contribution >= 0.6 is 0 Å². The van der Waals surface area contributed by atoms with Crippen molar-refractivity contribution < 1.29 is 31.8 Å². The number of alkyl halides is 2. The Bertz CT molecular complexity index is 591. The van der Waals surface area contributed by atoms with Gasteiger partial charge in [0.25, 0.3) is 0 Å². The molecular weight excluding hydrogens is 308 g/mol. The van der Waals surface area contributed by atoms with Crippen LogP contribution in [0.3, 0.4) is 0 Å². The van der Waals surface area contributed by atoms with Gasteiger partial charge >= 0.3 is 11.7 Å². The molecule has 0 spiro atoms. The van der Waals surface area contributed by atoms with Crippen molar-refractivity contribution in [2.75, 3.05) is 19.0 Å². The number of carbonyl (C=O) groups is 1. The lowest BCUT2D eigenvalue weighted by molar-refractivity contribution is -0.138. The average Bonchev–Trinajstić information content (AvgIpc) is 2.43. The van der Waals surface area contributed by atoms with Crippen LogP contribution in [0.4, 0.5) is 14.5 Å². The quantitative estimate of drug-likeness (QED) is 0.754. The molecule has 1 unspecified atom stereocenters. The Kier molecular flexibility index (Phi) is 6.03. The zero-order chi connectivity index (χ0) is 16.0. The molecule has 0 aliphatic carbocycles. The van der Waals surface area contributed by atoms with Gasteiger partial charge in [0, 0.05) is 20.1 Å². The molecule has 0 aliphatic rings. The molecule has 9 heteroatoms. The molecular formula is C12H15F2NO5S. The molecule has 0 radical (unpaired) electrons. The monoisotopic (exact) mass is 323 g/mol. The van der Waals surface area contributed by atoms with Crippen LogP contribution in [0.2, 0.25) is 0 Å². The topological polar surface area (TPSA) is 92.7 Å². The van der Waals surface area contributed by atoms with Gasteiger partial charge in [-0.15, -0.1) is 0 Å². The fourth-order valence-electron chi connectivity index (χ4n) is 1.61. The van der Waals surface area contributed by atoms with Crippen molar-refractivity contribution in [3.63, 3.8) is 0 Å². The lowest BCUT2D eigenvalue weighted by Crippen LogP contribution is -2.31. The second-order valence-corrected chi connectivity index (χ2v) is 6.00. The Hall–Kier alpha value is -1.74. The summed E-state index contributed by atoms with van der Waals surface area (Å²) in [6.07, 6.45) is 0.0505. The van der Waals surface area contributed by atoms with E-state index in [2.05, 4.69) is 5.32 Å². The maximum absolute atomic E-state index is 12.6. The van der Waals surface area contributed by atoms with E-state index in [1.54, 1.807) is 0 Å². The van der Waals surface area contributed by atoms with Crippen molar-refractivity contribution >= 4 is 21.5 Å². The van der Waals surface area contributed by atoms with Gasteiger partial charge in [0.15, 0.2) is 0 Å². The minimum atomic E-state index is -4.82. The number of hydrogen-bond acceptors (Lipinski definition) is 5. The molecule has 1 aromatic carbocycles. The molecule has 0 saturated heterocycles. The van der Waals surface area contributed by atoms with E-state index in [4.69, 9.17) is 9.84 Å². The number of hydrogen-bond donors (Lipinski definition) is 2. The summed E-state index contributed by atoms with van der Waals surface area (Å²) in [6, 6.07) is 3.78. The molecule has 0 saturated carbocycles. The first-order valence-corrected chi connectivity index (χ1v) is 7.44. The van der Waals surface area contributed by atoms with Crippen LogP contribution in [0.5, 0.6) is 0 Å². The Labute approximate surface area is 120 Å². The number of aliphatic carboxylic acids is 1. The van der Waals surface area contributed by atoms with Crippen LogP contribution in [0, 0.1) is 0 Å².